The van der Waals surface area contributed by atoms with Crippen molar-refractivity contribution in [3.05, 3.63) is 34.9 Å². The number of rotatable bonds is 3. The van der Waals surface area contributed by atoms with E-state index in [1.165, 1.54) is 82.0 Å². The molecule has 2 bridgehead atoms. The molecule has 1 aromatic rings. The predicted molar refractivity (Wildman–Crippen MR) is 102 cm³/mol. The van der Waals surface area contributed by atoms with Crippen LogP contribution in [0, 0.1) is 17.3 Å². The maximum atomic E-state index is 11.8. The van der Waals surface area contributed by atoms with Crippen LogP contribution >= 0.6 is 0 Å². The summed E-state index contributed by atoms with van der Waals surface area (Å²) in [5.74, 6) is 1.50. The van der Waals surface area contributed by atoms with Crippen LogP contribution in [0.2, 0.25) is 0 Å². The van der Waals surface area contributed by atoms with Crippen LogP contribution in [0.25, 0.3) is 0 Å². The molecule has 1 heterocycles. The highest BCUT2D eigenvalue weighted by atomic mass is 16.1. The molecule has 2 spiro atoms. The molecule has 0 aromatic heterocycles. The van der Waals surface area contributed by atoms with Crippen molar-refractivity contribution in [1.29, 1.82) is 0 Å². The molecule has 5 aliphatic rings. The molecule has 0 radical (unpaired) electrons. The molecule has 4 fully saturated rings. The van der Waals surface area contributed by atoms with Gasteiger partial charge in [0.25, 0.3) is 0 Å². The minimum atomic E-state index is -0.274. The molecule has 1 aromatic carbocycles. The summed E-state index contributed by atoms with van der Waals surface area (Å²) in [6, 6.07) is 7.19. The molecule has 26 heavy (non-hydrogen) atoms. The molecule has 1 saturated heterocycles. The van der Waals surface area contributed by atoms with E-state index in [-0.39, 0.29) is 5.91 Å². The third kappa shape index (κ3) is 1.86. The number of nitrogens with two attached hydrogens (primary N) is 1. The fourth-order valence-corrected chi connectivity index (χ4v) is 7.85. The zero-order valence-corrected chi connectivity index (χ0v) is 15.7. The average molecular weight is 351 g/mol. The van der Waals surface area contributed by atoms with Gasteiger partial charge in [0, 0.05) is 35.5 Å². The number of carbonyl (C=O) groups is 1. The summed E-state index contributed by atoms with van der Waals surface area (Å²) in [6.45, 7) is 2.67. The lowest BCUT2D eigenvalue weighted by molar-refractivity contribution is -0.0845. The monoisotopic (exact) mass is 350 g/mol. The fraction of sp³-hybridized carbons (Fsp3) is 0.696. The Balaban J connectivity index is 1.42. The molecule has 3 nitrogen and oxygen atoms in total. The molecule has 6 rings (SSSR count). The summed E-state index contributed by atoms with van der Waals surface area (Å²) in [7, 11) is 0. The lowest BCUT2D eigenvalue weighted by atomic mass is 9.59. The Morgan fingerprint density at radius 1 is 1.19 bits per heavy atom. The quantitative estimate of drug-likeness (QED) is 0.904. The highest BCUT2D eigenvalue weighted by Gasteiger charge is 2.70. The van der Waals surface area contributed by atoms with Crippen LogP contribution in [0.4, 0.5) is 0 Å². The van der Waals surface area contributed by atoms with Crippen LogP contribution in [0.15, 0.2) is 18.2 Å². The highest BCUT2D eigenvalue weighted by molar-refractivity contribution is 5.93. The van der Waals surface area contributed by atoms with Gasteiger partial charge in [-0.3, -0.25) is 9.69 Å². The third-order valence-electron chi connectivity index (χ3n) is 8.88. The maximum Gasteiger partial charge on any atom is 0.248 e. The molecular formula is C23H30N2O. The van der Waals surface area contributed by atoms with Crippen molar-refractivity contribution in [2.24, 2.45) is 23.0 Å². The second-order valence-corrected chi connectivity index (χ2v) is 10.1. The Bertz CT molecular complexity index is 784. The molecule has 138 valence electrons. The molecule has 3 saturated carbocycles. The summed E-state index contributed by atoms with van der Waals surface area (Å²) in [4.78, 5) is 14.7. The molecular weight excluding hydrogens is 320 g/mol. The van der Waals surface area contributed by atoms with E-state index >= 15 is 0 Å². The van der Waals surface area contributed by atoms with Crippen molar-refractivity contribution >= 4 is 5.91 Å². The first kappa shape index (κ1) is 15.7. The molecule has 3 heteroatoms. The zero-order chi connectivity index (χ0) is 17.5. The standard InChI is InChI=1S/C23H30N2O/c24-21(26)16-7-8-17-11-22-13-23(19(17)10-16)9-2-1-6-18(23)20(22)25(14-22)12-15-4-3-5-15/h7-8,10,15,18,20H,1-6,9,11-14H2,(H2,24,26)/t18?,20-,22?,23?/m0/s1. The fourth-order valence-electron chi connectivity index (χ4n) is 7.85. The predicted octanol–water partition coefficient (Wildman–Crippen LogP) is 3.64. The van der Waals surface area contributed by atoms with Gasteiger partial charge in [0.1, 0.15) is 0 Å². The molecule has 2 N–H and O–H groups in total. The van der Waals surface area contributed by atoms with Crippen molar-refractivity contribution in [1.82, 2.24) is 4.90 Å². The minimum Gasteiger partial charge on any atom is -0.366 e. The topological polar surface area (TPSA) is 46.3 Å². The van der Waals surface area contributed by atoms with Gasteiger partial charge < -0.3 is 5.73 Å². The summed E-state index contributed by atoms with van der Waals surface area (Å²) in [5, 5.41) is 0. The molecule has 4 atom stereocenters. The normalized spacial score (nSPS) is 40.8. The van der Waals surface area contributed by atoms with E-state index in [1.807, 2.05) is 6.07 Å². The van der Waals surface area contributed by atoms with Gasteiger partial charge in [0.15, 0.2) is 0 Å². The van der Waals surface area contributed by atoms with Crippen LogP contribution in [0.3, 0.4) is 0 Å². The number of hydrogen-bond donors (Lipinski definition) is 1. The van der Waals surface area contributed by atoms with Crippen LogP contribution in [-0.2, 0) is 11.8 Å². The number of hydrogen-bond acceptors (Lipinski definition) is 2. The van der Waals surface area contributed by atoms with E-state index in [9.17, 15) is 4.79 Å². The van der Waals surface area contributed by atoms with E-state index in [2.05, 4.69) is 17.0 Å². The van der Waals surface area contributed by atoms with Gasteiger partial charge in [0.05, 0.1) is 0 Å². The second-order valence-electron chi connectivity index (χ2n) is 10.1. The summed E-state index contributed by atoms with van der Waals surface area (Å²) in [5.41, 5.74) is 10.2. The molecule has 4 aliphatic carbocycles. The number of likely N-dealkylation sites (tertiary alicyclic amines) is 1. The Morgan fingerprint density at radius 2 is 2.08 bits per heavy atom. The van der Waals surface area contributed by atoms with Crippen molar-refractivity contribution in [3.8, 4) is 0 Å². The Kier molecular flexibility index (Phi) is 3.09. The van der Waals surface area contributed by atoms with Crippen molar-refractivity contribution in [2.45, 2.75) is 69.2 Å². The second kappa shape index (κ2) is 5.13. The smallest absolute Gasteiger partial charge is 0.248 e. The number of nitrogens with zero attached hydrogens (tertiary/aromatic N) is 1. The first-order chi connectivity index (χ1) is 12.6. The highest BCUT2D eigenvalue weighted by Crippen LogP contribution is 2.70. The van der Waals surface area contributed by atoms with E-state index in [1.54, 1.807) is 0 Å². The van der Waals surface area contributed by atoms with Crippen LogP contribution in [0.5, 0.6) is 0 Å². The summed E-state index contributed by atoms with van der Waals surface area (Å²) in [6.07, 6.45) is 12.4. The summed E-state index contributed by atoms with van der Waals surface area (Å²) < 4.78 is 0. The Labute approximate surface area is 156 Å². The summed E-state index contributed by atoms with van der Waals surface area (Å²) >= 11 is 0. The van der Waals surface area contributed by atoms with Gasteiger partial charge >= 0.3 is 0 Å². The molecule has 3 unspecified atom stereocenters. The van der Waals surface area contributed by atoms with Crippen molar-refractivity contribution < 1.29 is 4.79 Å². The maximum absolute atomic E-state index is 11.8. The average Bonchev–Trinajstić information content (AvgIpc) is 2.76. The Hall–Kier alpha value is -1.35. The van der Waals surface area contributed by atoms with E-state index in [0.717, 1.165) is 17.9 Å². The van der Waals surface area contributed by atoms with Gasteiger partial charge in [-0.1, -0.05) is 25.3 Å². The minimum absolute atomic E-state index is 0.274. The van der Waals surface area contributed by atoms with E-state index < -0.39 is 0 Å². The molecule has 1 aliphatic heterocycles. The molecule has 1 amide bonds. The number of benzene rings is 1. The number of fused-ring (bicyclic) bond motifs is 2. The number of primary amides is 1. The van der Waals surface area contributed by atoms with Crippen LogP contribution in [0.1, 0.15) is 72.9 Å². The number of amides is 1. The first-order valence-electron chi connectivity index (χ1n) is 10.8. The van der Waals surface area contributed by atoms with E-state index in [0.29, 0.717) is 16.4 Å². The van der Waals surface area contributed by atoms with Gasteiger partial charge in [0.2, 0.25) is 5.91 Å². The third-order valence-corrected chi connectivity index (χ3v) is 8.88. The van der Waals surface area contributed by atoms with E-state index in [4.69, 9.17) is 5.73 Å². The van der Waals surface area contributed by atoms with Crippen molar-refractivity contribution in [3.63, 3.8) is 0 Å². The van der Waals surface area contributed by atoms with Crippen LogP contribution < -0.4 is 5.73 Å². The Morgan fingerprint density at radius 3 is 2.85 bits per heavy atom. The van der Waals surface area contributed by atoms with Gasteiger partial charge in [-0.05, 0) is 73.6 Å². The lowest BCUT2D eigenvalue weighted by Gasteiger charge is -2.58. The van der Waals surface area contributed by atoms with Crippen molar-refractivity contribution in [2.75, 3.05) is 13.1 Å². The largest absolute Gasteiger partial charge is 0.366 e. The zero-order valence-electron chi connectivity index (χ0n) is 15.7. The first-order valence-corrected chi connectivity index (χ1v) is 10.8. The van der Waals surface area contributed by atoms with Gasteiger partial charge in [-0.2, -0.15) is 0 Å². The van der Waals surface area contributed by atoms with Gasteiger partial charge in [-0.25, -0.2) is 0 Å². The van der Waals surface area contributed by atoms with Gasteiger partial charge in [-0.15, -0.1) is 0 Å². The van der Waals surface area contributed by atoms with Crippen LogP contribution in [-0.4, -0.2) is 29.9 Å². The SMILES string of the molecule is NC(=O)c1ccc2c(c1)C13CCCCC1[C@@H]1N(CC4CCC4)CC1(C2)C3. The number of carbonyl (C=O) groups excluding carboxylic acids is 1. The lowest BCUT2D eigenvalue weighted by Crippen LogP contribution is -2.65.